The van der Waals surface area contributed by atoms with Crippen LogP contribution in [0.15, 0.2) is 60.7 Å². The minimum absolute atomic E-state index is 0.0126. The van der Waals surface area contributed by atoms with Crippen LogP contribution in [0.3, 0.4) is 0 Å². The summed E-state index contributed by atoms with van der Waals surface area (Å²) in [4.78, 5) is 18.6. The van der Waals surface area contributed by atoms with Crippen LogP contribution in [-0.2, 0) is 12.8 Å². The highest BCUT2D eigenvalue weighted by molar-refractivity contribution is 5.76. The first-order chi connectivity index (χ1) is 18.6. The molecule has 2 N–H and O–H groups in total. The lowest BCUT2D eigenvalue weighted by Crippen LogP contribution is -2.53. The first-order valence-electron chi connectivity index (χ1n) is 15.1. The van der Waals surface area contributed by atoms with Gasteiger partial charge in [0, 0.05) is 13.1 Å². The molecule has 2 aromatic rings. The molecule has 0 spiro atoms. The standard InChI is InChI=1S/C33H46N2O3/c36-31-29(21-25-13-5-1-6-14-25)34(23-27-17-9-3-10-18-27)33(38)35(24-28-19-11-4-12-20-28)30(32(31)37)22-26-15-7-2-8-16-26/h1-2,5-8,13-16,27-32,36-37H,3-4,9-12,17-24H2. The van der Waals surface area contributed by atoms with Crippen molar-refractivity contribution in [2.45, 2.75) is 101 Å². The summed E-state index contributed by atoms with van der Waals surface area (Å²) in [5.41, 5.74) is 2.18. The molecule has 5 rings (SSSR count). The van der Waals surface area contributed by atoms with Crippen LogP contribution in [0.2, 0.25) is 0 Å². The van der Waals surface area contributed by atoms with E-state index in [0.717, 1.165) is 36.8 Å². The lowest BCUT2D eigenvalue weighted by molar-refractivity contribution is -0.0421. The van der Waals surface area contributed by atoms with E-state index in [2.05, 4.69) is 24.3 Å². The van der Waals surface area contributed by atoms with Crippen molar-refractivity contribution in [2.24, 2.45) is 11.8 Å². The molecule has 0 bridgehead atoms. The molecule has 2 amide bonds. The fourth-order valence-electron chi connectivity index (χ4n) is 7.17. The van der Waals surface area contributed by atoms with Crippen LogP contribution >= 0.6 is 0 Å². The zero-order chi connectivity index (χ0) is 26.3. The Morgan fingerprint density at radius 2 is 0.947 bits per heavy atom. The van der Waals surface area contributed by atoms with Crippen LogP contribution in [-0.4, -0.2) is 63.4 Å². The number of carbonyl (C=O) groups excluding carboxylic acids is 1. The summed E-state index contributed by atoms with van der Waals surface area (Å²) in [7, 11) is 0. The Labute approximate surface area is 228 Å². The minimum atomic E-state index is -1.01. The van der Waals surface area contributed by atoms with Crippen molar-refractivity contribution in [2.75, 3.05) is 13.1 Å². The number of aliphatic hydroxyl groups is 2. The van der Waals surface area contributed by atoms with Crippen molar-refractivity contribution < 1.29 is 15.0 Å². The molecule has 4 unspecified atom stereocenters. The maximum absolute atomic E-state index is 14.6. The van der Waals surface area contributed by atoms with Gasteiger partial charge in [-0.05, 0) is 61.5 Å². The fourth-order valence-corrected chi connectivity index (χ4v) is 7.17. The number of hydrogen-bond donors (Lipinski definition) is 2. The van der Waals surface area contributed by atoms with Crippen molar-refractivity contribution in [3.63, 3.8) is 0 Å². The zero-order valence-electron chi connectivity index (χ0n) is 22.8. The fraction of sp³-hybridized carbons (Fsp3) is 0.606. The van der Waals surface area contributed by atoms with Crippen molar-refractivity contribution in [3.05, 3.63) is 71.8 Å². The molecule has 2 saturated carbocycles. The van der Waals surface area contributed by atoms with Crippen LogP contribution in [0.4, 0.5) is 4.79 Å². The molecule has 2 aromatic carbocycles. The van der Waals surface area contributed by atoms with Gasteiger partial charge in [0.15, 0.2) is 0 Å². The van der Waals surface area contributed by atoms with E-state index in [0.29, 0.717) is 37.8 Å². The Balaban J connectivity index is 1.50. The van der Waals surface area contributed by atoms with E-state index in [1.54, 1.807) is 0 Å². The van der Waals surface area contributed by atoms with Crippen molar-refractivity contribution in [1.82, 2.24) is 9.80 Å². The summed E-state index contributed by atoms with van der Waals surface area (Å²) in [6, 6.07) is 19.4. The van der Waals surface area contributed by atoms with Gasteiger partial charge in [0.25, 0.3) is 0 Å². The minimum Gasteiger partial charge on any atom is -0.388 e. The van der Waals surface area contributed by atoms with Crippen molar-refractivity contribution in [1.29, 1.82) is 0 Å². The van der Waals surface area contributed by atoms with E-state index in [-0.39, 0.29) is 6.03 Å². The Hall–Kier alpha value is -2.37. The SMILES string of the molecule is O=C1N(CC2CCCCC2)C(Cc2ccccc2)C(O)C(O)C(Cc2ccccc2)N1CC1CCCCC1. The maximum Gasteiger partial charge on any atom is 0.320 e. The second kappa shape index (κ2) is 13.1. The van der Waals surface area contributed by atoms with Crippen LogP contribution < -0.4 is 0 Å². The van der Waals surface area contributed by atoms with E-state index in [1.807, 2.05) is 46.2 Å². The molecular weight excluding hydrogens is 472 g/mol. The molecule has 1 aliphatic heterocycles. The van der Waals surface area contributed by atoms with Crippen LogP contribution in [0.25, 0.3) is 0 Å². The average Bonchev–Trinajstić information content (AvgIpc) is 3.03. The molecule has 0 aromatic heterocycles. The molecular formula is C33H46N2O3. The molecule has 3 aliphatic rings. The number of nitrogens with zero attached hydrogens (tertiary/aromatic N) is 2. The smallest absolute Gasteiger partial charge is 0.320 e. The van der Waals surface area contributed by atoms with E-state index >= 15 is 0 Å². The largest absolute Gasteiger partial charge is 0.388 e. The lowest BCUT2D eigenvalue weighted by atomic mass is 9.87. The molecule has 4 atom stereocenters. The van der Waals surface area contributed by atoms with Gasteiger partial charge >= 0.3 is 6.03 Å². The first-order valence-corrected chi connectivity index (χ1v) is 15.1. The number of urea groups is 1. The highest BCUT2D eigenvalue weighted by Gasteiger charge is 2.47. The molecule has 0 radical (unpaired) electrons. The van der Waals surface area contributed by atoms with Gasteiger partial charge in [-0.1, -0.05) is 99.2 Å². The van der Waals surface area contributed by atoms with Gasteiger partial charge in [-0.3, -0.25) is 0 Å². The molecule has 1 heterocycles. The van der Waals surface area contributed by atoms with Crippen molar-refractivity contribution in [3.8, 4) is 0 Å². The highest BCUT2D eigenvalue weighted by atomic mass is 16.3. The van der Waals surface area contributed by atoms with E-state index in [4.69, 9.17) is 0 Å². The topological polar surface area (TPSA) is 64.0 Å². The lowest BCUT2D eigenvalue weighted by Gasteiger charge is -2.39. The number of carbonyl (C=O) groups is 1. The third-order valence-electron chi connectivity index (χ3n) is 9.37. The van der Waals surface area contributed by atoms with Crippen LogP contribution in [0.5, 0.6) is 0 Å². The Kier molecular flexibility index (Phi) is 9.40. The maximum atomic E-state index is 14.6. The molecule has 3 fully saturated rings. The molecule has 2 aliphatic carbocycles. The zero-order valence-corrected chi connectivity index (χ0v) is 22.8. The second-order valence-corrected chi connectivity index (χ2v) is 12.1. The summed E-state index contributed by atoms with van der Waals surface area (Å²) in [5.74, 6) is 0.912. The van der Waals surface area contributed by atoms with E-state index in [9.17, 15) is 15.0 Å². The summed E-state index contributed by atoms with van der Waals surface area (Å²) >= 11 is 0. The second-order valence-electron chi connectivity index (χ2n) is 12.1. The molecule has 5 heteroatoms. The van der Waals surface area contributed by atoms with Crippen LogP contribution in [0.1, 0.15) is 75.3 Å². The third-order valence-corrected chi connectivity index (χ3v) is 9.37. The van der Waals surface area contributed by atoms with Gasteiger partial charge in [-0.25, -0.2) is 4.79 Å². The monoisotopic (exact) mass is 518 g/mol. The number of rotatable bonds is 8. The third kappa shape index (κ3) is 6.60. The van der Waals surface area contributed by atoms with E-state index < -0.39 is 24.3 Å². The van der Waals surface area contributed by atoms with Crippen LogP contribution in [0, 0.1) is 11.8 Å². The quantitative estimate of drug-likeness (QED) is 0.462. The summed E-state index contributed by atoms with van der Waals surface area (Å²) in [5, 5.41) is 23.6. The summed E-state index contributed by atoms with van der Waals surface area (Å²) < 4.78 is 0. The van der Waals surface area contributed by atoms with Gasteiger partial charge in [-0.2, -0.15) is 0 Å². The summed E-state index contributed by atoms with van der Waals surface area (Å²) in [6.45, 7) is 1.33. The predicted molar refractivity (Wildman–Crippen MR) is 152 cm³/mol. The van der Waals surface area contributed by atoms with Gasteiger partial charge in [0.1, 0.15) is 12.2 Å². The Morgan fingerprint density at radius 3 is 1.32 bits per heavy atom. The number of benzene rings is 2. The number of hydrogen-bond acceptors (Lipinski definition) is 3. The average molecular weight is 519 g/mol. The van der Waals surface area contributed by atoms with Gasteiger partial charge < -0.3 is 20.0 Å². The highest BCUT2D eigenvalue weighted by Crippen LogP contribution is 2.33. The molecule has 1 saturated heterocycles. The number of aliphatic hydroxyl groups excluding tert-OH is 2. The summed E-state index contributed by atoms with van der Waals surface area (Å²) in [6.07, 6.45) is 11.0. The van der Waals surface area contributed by atoms with Gasteiger partial charge in [-0.15, -0.1) is 0 Å². The predicted octanol–water partition coefficient (Wildman–Crippen LogP) is 5.83. The number of amides is 2. The Morgan fingerprint density at radius 1 is 0.579 bits per heavy atom. The first kappa shape index (κ1) is 27.2. The molecule has 38 heavy (non-hydrogen) atoms. The van der Waals surface area contributed by atoms with E-state index in [1.165, 1.54) is 38.5 Å². The van der Waals surface area contributed by atoms with Crippen molar-refractivity contribution >= 4 is 6.03 Å². The molecule has 5 nitrogen and oxygen atoms in total. The normalized spacial score (nSPS) is 27.9. The molecule has 206 valence electrons. The Bertz CT molecular complexity index is 908. The van der Waals surface area contributed by atoms with Gasteiger partial charge in [0.2, 0.25) is 0 Å². The van der Waals surface area contributed by atoms with Gasteiger partial charge in [0.05, 0.1) is 12.1 Å².